The lowest BCUT2D eigenvalue weighted by Gasteiger charge is -2.34. The van der Waals surface area contributed by atoms with Crippen LogP contribution in [0, 0.1) is 5.41 Å². The lowest BCUT2D eigenvalue weighted by Crippen LogP contribution is -2.34. The van der Waals surface area contributed by atoms with Crippen molar-refractivity contribution in [1.29, 1.82) is 0 Å². The van der Waals surface area contributed by atoms with Crippen LogP contribution in [0.15, 0.2) is 12.2 Å². The second-order valence-corrected chi connectivity index (χ2v) is 4.30. The number of hydrogen-bond donors (Lipinski definition) is 0. The smallest absolute Gasteiger partial charge is 0.330 e. The van der Waals surface area contributed by atoms with Crippen molar-refractivity contribution in [3.8, 4) is 0 Å². The molecule has 0 N–H and O–H groups in total. The molecule has 0 fully saturated rings. The highest BCUT2D eigenvalue weighted by Gasteiger charge is 2.32. The summed E-state index contributed by atoms with van der Waals surface area (Å²) in [5, 5.41) is 0. The third-order valence-corrected chi connectivity index (χ3v) is 2.63. The van der Waals surface area contributed by atoms with Gasteiger partial charge in [0.05, 0.1) is 0 Å². The highest BCUT2D eigenvalue weighted by molar-refractivity contribution is 5.82. The Hall–Kier alpha value is -0.790. The third kappa shape index (κ3) is 2.58. The third-order valence-electron chi connectivity index (χ3n) is 2.63. The summed E-state index contributed by atoms with van der Waals surface area (Å²) < 4.78 is 5.28. The molecule has 1 aliphatic heterocycles. The summed E-state index contributed by atoms with van der Waals surface area (Å²) in [6.45, 7) is 6.48. The molecular formula is C11H18O2. The van der Waals surface area contributed by atoms with Crippen molar-refractivity contribution in [2.75, 3.05) is 0 Å². The maximum atomic E-state index is 11.0. The largest absolute Gasteiger partial charge is 0.458 e. The van der Waals surface area contributed by atoms with Gasteiger partial charge in [-0.3, -0.25) is 0 Å². The monoisotopic (exact) mass is 182 g/mol. The van der Waals surface area contributed by atoms with E-state index in [4.69, 9.17) is 4.74 Å². The quantitative estimate of drug-likeness (QED) is 0.627. The second kappa shape index (κ2) is 3.95. The zero-order valence-electron chi connectivity index (χ0n) is 8.67. The molecule has 0 bridgehead atoms. The molecule has 1 aliphatic rings. The van der Waals surface area contributed by atoms with E-state index in [-0.39, 0.29) is 17.5 Å². The molecule has 1 unspecified atom stereocenters. The molecule has 0 aromatic rings. The van der Waals surface area contributed by atoms with Gasteiger partial charge in [-0.25, -0.2) is 4.79 Å². The van der Waals surface area contributed by atoms with Gasteiger partial charge in [0.25, 0.3) is 0 Å². The number of carbonyl (C=O) groups excluding carboxylic acids is 1. The van der Waals surface area contributed by atoms with Crippen molar-refractivity contribution in [2.24, 2.45) is 5.41 Å². The van der Waals surface area contributed by atoms with Crippen LogP contribution in [0.4, 0.5) is 0 Å². The first-order valence-corrected chi connectivity index (χ1v) is 4.93. The van der Waals surface area contributed by atoms with E-state index in [1.54, 1.807) is 0 Å². The van der Waals surface area contributed by atoms with E-state index in [9.17, 15) is 4.79 Å². The van der Waals surface area contributed by atoms with E-state index in [1.165, 1.54) is 6.08 Å². The van der Waals surface area contributed by atoms with Crippen LogP contribution in [0.25, 0.3) is 0 Å². The van der Waals surface area contributed by atoms with E-state index in [1.807, 2.05) is 6.08 Å². The number of hydrogen-bond acceptors (Lipinski definition) is 2. The van der Waals surface area contributed by atoms with Crippen LogP contribution in [-0.2, 0) is 9.53 Å². The maximum absolute atomic E-state index is 11.0. The average molecular weight is 182 g/mol. The molecule has 2 nitrogen and oxygen atoms in total. The number of cyclic esters (lactones) is 1. The number of esters is 1. The van der Waals surface area contributed by atoms with Gasteiger partial charge in [0.2, 0.25) is 0 Å². The first kappa shape index (κ1) is 10.3. The maximum Gasteiger partial charge on any atom is 0.330 e. The SMILES string of the molecule is CCCC(C)(C)C1CC=CC(=O)O1. The van der Waals surface area contributed by atoms with Crippen LogP contribution in [0.3, 0.4) is 0 Å². The van der Waals surface area contributed by atoms with Gasteiger partial charge in [-0.15, -0.1) is 0 Å². The Morgan fingerprint density at radius 2 is 2.31 bits per heavy atom. The highest BCUT2D eigenvalue weighted by Crippen LogP contribution is 2.32. The topological polar surface area (TPSA) is 26.3 Å². The summed E-state index contributed by atoms with van der Waals surface area (Å²) in [7, 11) is 0. The van der Waals surface area contributed by atoms with Gasteiger partial charge in [-0.05, 0) is 6.42 Å². The molecule has 0 radical (unpaired) electrons. The van der Waals surface area contributed by atoms with Gasteiger partial charge in [-0.2, -0.15) is 0 Å². The fourth-order valence-electron chi connectivity index (χ4n) is 1.80. The normalized spacial score (nSPS) is 23.0. The molecule has 0 aliphatic carbocycles. The van der Waals surface area contributed by atoms with Crippen molar-refractivity contribution in [2.45, 2.75) is 46.1 Å². The minimum absolute atomic E-state index is 0.0601. The predicted octanol–water partition coefficient (Wildman–Crippen LogP) is 2.68. The Kier molecular flexibility index (Phi) is 3.12. The predicted molar refractivity (Wildman–Crippen MR) is 52.3 cm³/mol. The molecular weight excluding hydrogens is 164 g/mol. The summed E-state index contributed by atoms with van der Waals surface area (Å²) in [6, 6.07) is 0. The number of rotatable bonds is 3. The van der Waals surface area contributed by atoms with Crippen molar-refractivity contribution < 1.29 is 9.53 Å². The van der Waals surface area contributed by atoms with E-state index in [0.29, 0.717) is 0 Å². The van der Waals surface area contributed by atoms with Gasteiger partial charge in [-0.1, -0.05) is 33.3 Å². The summed E-state index contributed by atoms with van der Waals surface area (Å²) in [6.07, 6.45) is 6.57. The Morgan fingerprint density at radius 3 is 2.85 bits per heavy atom. The molecule has 1 rings (SSSR count). The van der Waals surface area contributed by atoms with Crippen molar-refractivity contribution >= 4 is 5.97 Å². The Labute approximate surface area is 80.0 Å². The molecule has 13 heavy (non-hydrogen) atoms. The van der Waals surface area contributed by atoms with E-state index in [0.717, 1.165) is 19.3 Å². The Balaban J connectivity index is 2.61. The van der Waals surface area contributed by atoms with Gasteiger partial charge < -0.3 is 4.74 Å². The van der Waals surface area contributed by atoms with E-state index < -0.39 is 0 Å². The minimum atomic E-state index is -0.194. The summed E-state index contributed by atoms with van der Waals surface area (Å²) in [5.41, 5.74) is 0.106. The van der Waals surface area contributed by atoms with Crippen LogP contribution in [0.1, 0.15) is 40.0 Å². The first-order valence-electron chi connectivity index (χ1n) is 4.93. The highest BCUT2D eigenvalue weighted by atomic mass is 16.5. The van der Waals surface area contributed by atoms with Crippen LogP contribution in [0.5, 0.6) is 0 Å². The molecule has 0 amide bonds. The minimum Gasteiger partial charge on any atom is -0.458 e. The van der Waals surface area contributed by atoms with Crippen LogP contribution >= 0.6 is 0 Å². The molecule has 2 heteroatoms. The molecule has 0 aromatic carbocycles. The van der Waals surface area contributed by atoms with E-state index in [2.05, 4.69) is 20.8 Å². The number of ether oxygens (including phenoxy) is 1. The Morgan fingerprint density at radius 1 is 1.62 bits per heavy atom. The van der Waals surface area contributed by atoms with Crippen molar-refractivity contribution in [1.82, 2.24) is 0 Å². The van der Waals surface area contributed by atoms with Gasteiger partial charge >= 0.3 is 5.97 Å². The Bertz CT molecular complexity index is 216. The van der Waals surface area contributed by atoms with Gasteiger partial charge in [0, 0.05) is 17.9 Å². The summed E-state index contributed by atoms with van der Waals surface area (Å²) in [4.78, 5) is 11.0. The van der Waals surface area contributed by atoms with Gasteiger partial charge in [0.15, 0.2) is 0 Å². The molecule has 1 heterocycles. The zero-order chi connectivity index (χ0) is 9.90. The molecule has 74 valence electrons. The second-order valence-electron chi connectivity index (χ2n) is 4.30. The first-order chi connectivity index (χ1) is 6.06. The fraction of sp³-hybridized carbons (Fsp3) is 0.727. The average Bonchev–Trinajstić information content (AvgIpc) is 2.04. The van der Waals surface area contributed by atoms with Crippen molar-refractivity contribution in [3.63, 3.8) is 0 Å². The lowest BCUT2D eigenvalue weighted by molar-refractivity contribution is -0.150. The summed E-state index contributed by atoms with van der Waals surface area (Å²) >= 11 is 0. The molecule has 0 saturated carbocycles. The molecule has 0 saturated heterocycles. The standard InChI is InChI=1S/C11H18O2/c1-4-8-11(2,3)9-6-5-7-10(12)13-9/h5,7,9H,4,6,8H2,1-3H3. The van der Waals surface area contributed by atoms with Gasteiger partial charge in [0.1, 0.15) is 6.10 Å². The van der Waals surface area contributed by atoms with Crippen LogP contribution < -0.4 is 0 Å². The zero-order valence-corrected chi connectivity index (χ0v) is 8.67. The number of carbonyl (C=O) groups is 1. The van der Waals surface area contributed by atoms with Crippen molar-refractivity contribution in [3.05, 3.63) is 12.2 Å². The summed E-state index contributed by atoms with van der Waals surface area (Å²) in [5.74, 6) is -0.194. The lowest BCUT2D eigenvalue weighted by atomic mass is 9.80. The van der Waals surface area contributed by atoms with Crippen LogP contribution in [-0.4, -0.2) is 12.1 Å². The molecule has 0 aromatic heterocycles. The molecule has 1 atom stereocenters. The van der Waals surface area contributed by atoms with E-state index >= 15 is 0 Å². The molecule has 0 spiro atoms. The van der Waals surface area contributed by atoms with Crippen LogP contribution in [0.2, 0.25) is 0 Å². The fourth-order valence-corrected chi connectivity index (χ4v) is 1.80.